The van der Waals surface area contributed by atoms with Crippen molar-refractivity contribution in [2.24, 2.45) is 5.92 Å². The van der Waals surface area contributed by atoms with Crippen molar-refractivity contribution in [3.8, 4) is 5.75 Å². The van der Waals surface area contributed by atoms with Gasteiger partial charge in [0.15, 0.2) is 0 Å². The van der Waals surface area contributed by atoms with Crippen LogP contribution in [0.25, 0.3) is 0 Å². The summed E-state index contributed by atoms with van der Waals surface area (Å²) in [4.78, 5) is 48.2. The molecule has 0 saturated carbocycles. The van der Waals surface area contributed by atoms with Gasteiger partial charge in [-0.3, -0.25) is 14.5 Å². The molecule has 9 heteroatoms. The Kier molecular flexibility index (Phi) is 14.4. The summed E-state index contributed by atoms with van der Waals surface area (Å²) in [5, 5.41) is 6.17. The number of hydrogen-bond donors (Lipinski definition) is 2. The minimum Gasteiger partial charge on any atom is -0.489 e. The monoisotopic (exact) mass is 743 g/mol. The maximum Gasteiger partial charge on any atom is 0.318 e. The van der Waals surface area contributed by atoms with Gasteiger partial charge in [-0.05, 0) is 59.6 Å². The van der Waals surface area contributed by atoms with Gasteiger partial charge in [-0.25, -0.2) is 4.79 Å². The maximum atomic E-state index is 14.5. The van der Waals surface area contributed by atoms with E-state index < -0.39 is 12.1 Å². The van der Waals surface area contributed by atoms with E-state index >= 15 is 0 Å². The molecule has 6 rings (SSSR count). The van der Waals surface area contributed by atoms with Crippen LogP contribution in [0.4, 0.5) is 4.79 Å². The molecular formula is C46H57N5O4. The summed E-state index contributed by atoms with van der Waals surface area (Å²) >= 11 is 0. The Balaban J connectivity index is 1.17. The van der Waals surface area contributed by atoms with Crippen LogP contribution in [-0.2, 0) is 22.6 Å². The molecule has 55 heavy (non-hydrogen) atoms. The highest BCUT2D eigenvalue weighted by atomic mass is 16.5. The first kappa shape index (κ1) is 39.5. The first-order chi connectivity index (χ1) is 26.8. The molecular weight excluding hydrogens is 687 g/mol. The molecule has 0 spiro atoms. The van der Waals surface area contributed by atoms with Crippen molar-refractivity contribution < 1.29 is 19.1 Å². The number of benzene rings is 4. The lowest BCUT2D eigenvalue weighted by Crippen LogP contribution is -2.59. The molecule has 4 aromatic rings. The fourth-order valence-corrected chi connectivity index (χ4v) is 7.69. The Bertz CT molecular complexity index is 1730. The second-order valence-corrected chi connectivity index (χ2v) is 15.3. The van der Waals surface area contributed by atoms with Gasteiger partial charge in [0.2, 0.25) is 11.8 Å². The quantitative estimate of drug-likeness (QED) is 0.142. The van der Waals surface area contributed by atoms with Crippen molar-refractivity contribution in [2.45, 2.75) is 77.1 Å². The number of amides is 4. The van der Waals surface area contributed by atoms with E-state index in [0.29, 0.717) is 58.7 Å². The number of likely N-dealkylation sites (tertiary alicyclic amines) is 1. The molecule has 2 N–H and O–H groups in total. The van der Waals surface area contributed by atoms with Gasteiger partial charge in [0.1, 0.15) is 24.4 Å². The summed E-state index contributed by atoms with van der Waals surface area (Å²) in [6.07, 6.45) is 4.93. The lowest BCUT2D eigenvalue weighted by atomic mass is 9.96. The third-order valence-corrected chi connectivity index (χ3v) is 10.7. The van der Waals surface area contributed by atoms with Crippen molar-refractivity contribution in [1.29, 1.82) is 0 Å². The number of piperazine rings is 1. The summed E-state index contributed by atoms with van der Waals surface area (Å²) in [6.45, 7) is 8.37. The van der Waals surface area contributed by atoms with Crippen molar-refractivity contribution in [2.75, 3.05) is 39.3 Å². The smallest absolute Gasteiger partial charge is 0.318 e. The molecule has 2 saturated heterocycles. The summed E-state index contributed by atoms with van der Waals surface area (Å²) in [5.74, 6) is 0.448. The van der Waals surface area contributed by atoms with Crippen LogP contribution in [0.5, 0.6) is 5.75 Å². The summed E-state index contributed by atoms with van der Waals surface area (Å²) in [5.41, 5.74) is 4.42. The van der Waals surface area contributed by atoms with Crippen LogP contribution in [0.2, 0.25) is 0 Å². The molecule has 0 aliphatic carbocycles. The largest absolute Gasteiger partial charge is 0.489 e. The van der Waals surface area contributed by atoms with E-state index in [1.807, 2.05) is 90.4 Å². The molecule has 2 heterocycles. The van der Waals surface area contributed by atoms with Gasteiger partial charge >= 0.3 is 6.03 Å². The van der Waals surface area contributed by atoms with Crippen LogP contribution in [-0.4, -0.2) is 83.9 Å². The average molecular weight is 744 g/mol. The van der Waals surface area contributed by atoms with Crippen molar-refractivity contribution in [1.82, 2.24) is 25.3 Å². The average Bonchev–Trinajstić information content (AvgIpc) is 3.51. The number of nitrogens with one attached hydrogen (secondary N) is 2. The molecule has 2 aliphatic rings. The fraction of sp³-hybridized carbons (Fsp3) is 0.413. The predicted octanol–water partition coefficient (Wildman–Crippen LogP) is 7.23. The van der Waals surface area contributed by atoms with E-state index in [4.69, 9.17) is 4.74 Å². The Morgan fingerprint density at radius 1 is 0.600 bits per heavy atom. The van der Waals surface area contributed by atoms with E-state index in [2.05, 4.69) is 64.1 Å². The first-order valence-corrected chi connectivity index (χ1v) is 20.1. The van der Waals surface area contributed by atoms with Crippen molar-refractivity contribution >= 4 is 17.8 Å². The maximum absolute atomic E-state index is 14.5. The molecule has 4 amide bonds. The summed E-state index contributed by atoms with van der Waals surface area (Å²) in [7, 11) is 0. The standard InChI is InChI=1S/C46H57N5O4/c1-35(2)32-41(48-46(54)51-26-14-3-4-15-27-51)44(52)47-42(33-36-22-24-40(25-23-36)55-34-37-16-8-5-9-17-37)45(53)50-30-28-49(29-31-50)43(38-18-10-6-11-19-38)39-20-12-7-13-21-39/h5-13,16-25,35,41-43H,3-4,14-15,26-34H2,1-2H3,(H,47,52)(H,48,54)/t41-,42-/m0/s1. The Hall–Kier alpha value is -5.15. The summed E-state index contributed by atoms with van der Waals surface area (Å²) < 4.78 is 6.02. The number of hydrogen-bond acceptors (Lipinski definition) is 5. The zero-order chi connectivity index (χ0) is 38.4. The summed E-state index contributed by atoms with van der Waals surface area (Å²) in [6, 6.07) is 37.1. The molecule has 9 nitrogen and oxygen atoms in total. The number of carbonyl (C=O) groups is 3. The highest BCUT2D eigenvalue weighted by Crippen LogP contribution is 2.30. The molecule has 0 bridgehead atoms. The van der Waals surface area contributed by atoms with Crippen LogP contribution in [0.1, 0.15) is 74.2 Å². The lowest BCUT2D eigenvalue weighted by molar-refractivity contribution is -0.138. The molecule has 0 aromatic heterocycles. The zero-order valence-corrected chi connectivity index (χ0v) is 32.4. The van der Waals surface area contributed by atoms with Crippen LogP contribution in [0, 0.1) is 5.92 Å². The number of carbonyl (C=O) groups excluding carboxylic acids is 3. The lowest BCUT2D eigenvalue weighted by Gasteiger charge is -2.41. The molecule has 290 valence electrons. The van der Waals surface area contributed by atoms with Gasteiger partial charge in [-0.1, -0.05) is 130 Å². The molecule has 0 unspecified atom stereocenters. The Labute approximate surface area is 327 Å². The predicted molar refractivity (Wildman–Crippen MR) is 218 cm³/mol. The number of rotatable bonds is 14. The Morgan fingerprint density at radius 3 is 1.73 bits per heavy atom. The topological polar surface area (TPSA) is 94.2 Å². The highest BCUT2D eigenvalue weighted by molar-refractivity contribution is 5.92. The molecule has 2 fully saturated rings. The van der Waals surface area contributed by atoms with Gasteiger partial charge in [0.25, 0.3) is 0 Å². The molecule has 2 aliphatic heterocycles. The number of urea groups is 1. The van der Waals surface area contributed by atoms with Crippen LogP contribution < -0.4 is 15.4 Å². The third-order valence-electron chi connectivity index (χ3n) is 10.7. The normalized spacial score (nSPS) is 16.3. The van der Waals surface area contributed by atoms with E-state index in [9.17, 15) is 14.4 Å². The van der Waals surface area contributed by atoms with E-state index in [1.54, 1.807) is 0 Å². The molecule has 2 atom stereocenters. The van der Waals surface area contributed by atoms with Crippen LogP contribution >= 0.6 is 0 Å². The third kappa shape index (κ3) is 11.4. The Morgan fingerprint density at radius 2 is 1.16 bits per heavy atom. The molecule has 4 aromatic carbocycles. The van der Waals surface area contributed by atoms with Crippen molar-refractivity contribution in [3.63, 3.8) is 0 Å². The SMILES string of the molecule is CC(C)C[C@H](NC(=O)N1CCCCCC1)C(=O)N[C@@H](Cc1ccc(OCc2ccccc2)cc1)C(=O)N1CCN(C(c2ccccc2)c2ccccc2)CC1. The molecule has 0 radical (unpaired) electrons. The number of nitrogens with zero attached hydrogens (tertiary/aromatic N) is 3. The highest BCUT2D eigenvalue weighted by Gasteiger charge is 2.34. The van der Waals surface area contributed by atoms with E-state index in [1.165, 1.54) is 11.1 Å². The minimum atomic E-state index is -0.807. The second kappa shape index (κ2) is 20.0. The second-order valence-electron chi connectivity index (χ2n) is 15.3. The van der Waals surface area contributed by atoms with Crippen molar-refractivity contribution in [3.05, 3.63) is 138 Å². The fourth-order valence-electron chi connectivity index (χ4n) is 7.69. The van der Waals surface area contributed by atoms with Gasteiger partial charge in [0.05, 0.1) is 6.04 Å². The van der Waals surface area contributed by atoms with Gasteiger partial charge in [-0.2, -0.15) is 0 Å². The van der Waals surface area contributed by atoms with Crippen LogP contribution in [0.15, 0.2) is 115 Å². The van der Waals surface area contributed by atoms with E-state index in [-0.39, 0.29) is 29.8 Å². The van der Waals surface area contributed by atoms with Gasteiger partial charge in [-0.15, -0.1) is 0 Å². The van der Waals surface area contributed by atoms with Crippen LogP contribution in [0.3, 0.4) is 0 Å². The minimum absolute atomic E-state index is 0.0716. The van der Waals surface area contributed by atoms with Gasteiger partial charge in [0, 0.05) is 45.7 Å². The zero-order valence-electron chi connectivity index (χ0n) is 32.4. The number of ether oxygens (including phenoxy) is 1. The first-order valence-electron chi connectivity index (χ1n) is 20.1. The van der Waals surface area contributed by atoms with Gasteiger partial charge < -0.3 is 25.2 Å². The van der Waals surface area contributed by atoms with E-state index in [0.717, 1.165) is 42.6 Å².